The van der Waals surface area contributed by atoms with Crippen molar-refractivity contribution in [3.63, 3.8) is 0 Å². The molecule has 2 aromatic carbocycles. The van der Waals surface area contributed by atoms with E-state index in [1.54, 1.807) is 0 Å². The van der Waals surface area contributed by atoms with Crippen LogP contribution in [-0.4, -0.2) is 49.2 Å². The summed E-state index contributed by atoms with van der Waals surface area (Å²) in [5, 5.41) is 13.2. The lowest BCUT2D eigenvalue weighted by Crippen LogP contribution is -2.70. The molecular weight excluding hydrogens is 573 g/mol. The van der Waals surface area contributed by atoms with Gasteiger partial charge in [0.05, 0.1) is 11.3 Å². The summed E-state index contributed by atoms with van der Waals surface area (Å²) in [6.07, 6.45) is 0.168. The molecule has 0 aromatic heterocycles. The van der Waals surface area contributed by atoms with Crippen LogP contribution in [0.5, 0.6) is 0 Å². The zero-order chi connectivity index (χ0) is 24.2. The number of nitrogens with zero attached hydrogens (tertiary/aromatic N) is 2. The maximum absolute atomic E-state index is 12.9. The van der Waals surface area contributed by atoms with Crippen molar-refractivity contribution in [3.8, 4) is 0 Å². The smallest absolute Gasteiger partial charge is 0.355 e. The molecule has 0 unspecified atom stereocenters. The summed E-state index contributed by atoms with van der Waals surface area (Å²) in [4.78, 5) is 50.0. The third-order valence-corrected chi connectivity index (χ3v) is 7.70. The number of fused-ring (bicyclic) bond motifs is 1. The van der Waals surface area contributed by atoms with Crippen molar-refractivity contribution < 1.29 is 24.0 Å². The first-order chi connectivity index (χ1) is 16.4. The highest BCUT2D eigenvalue weighted by atomic mass is 127. The minimum Gasteiger partial charge on any atom is -0.456 e. The Morgan fingerprint density at radius 1 is 1.15 bits per heavy atom. The Bertz CT molecular complexity index is 1160. The number of thioether (sulfide) groups is 1. The number of alkyl halides is 1. The van der Waals surface area contributed by atoms with Crippen LogP contribution in [0.1, 0.15) is 11.1 Å². The molecule has 2 amide bonds. The molecule has 4 rings (SSSR count). The summed E-state index contributed by atoms with van der Waals surface area (Å²) in [6.45, 7) is -0.0774. The number of benzene rings is 2. The fourth-order valence-corrected chi connectivity index (χ4v) is 6.05. The van der Waals surface area contributed by atoms with E-state index in [2.05, 4.69) is 27.9 Å². The van der Waals surface area contributed by atoms with E-state index in [0.717, 1.165) is 11.1 Å². The van der Waals surface area contributed by atoms with Crippen molar-refractivity contribution in [2.45, 2.75) is 24.4 Å². The lowest BCUT2D eigenvalue weighted by molar-refractivity contribution is -0.384. The number of amides is 2. The fraction of sp³-hybridized carbons (Fsp3) is 0.261. The first-order valence-corrected chi connectivity index (χ1v) is 12.9. The average molecular weight is 593 g/mol. The highest BCUT2D eigenvalue weighted by molar-refractivity contribution is 14.1. The molecule has 0 bridgehead atoms. The molecule has 0 radical (unpaired) electrons. The van der Waals surface area contributed by atoms with Gasteiger partial charge in [-0.1, -0.05) is 52.9 Å². The van der Waals surface area contributed by atoms with E-state index in [4.69, 9.17) is 4.74 Å². The number of hydrogen-bond donors (Lipinski definition) is 1. The molecule has 2 aliphatic heterocycles. The standard InChI is InChI=1S/C23H20IN3O6S/c24-11-16-13-34-22-19(25-18(28)10-14-4-2-1-3-5-14)21(29)26(22)20(16)23(30)33-12-15-6-8-17(9-7-15)27(31)32/h1-9,19,22H,10-13H2,(H,25,28)/t19-,22-/m1/s1. The van der Waals surface area contributed by atoms with E-state index in [1.807, 2.05) is 30.3 Å². The second-order valence-corrected chi connectivity index (χ2v) is 9.57. The van der Waals surface area contributed by atoms with Gasteiger partial charge in [0.15, 0.2) is 0 Å². The van der Waals surface area contributed by atoms with Crippen molar-refractivity contribution >= 4 is 57.8 Å². The number of ether oxygens (including phenoxy) is 1. The summed E-state index contributed by atoms with van der Waals surface area (Å²) in [5.41, 5.74) is 2.40. The van der Waals surface area contributed by atoms with Gasteiger partial charge >= 0.3 is 5.97 Å². The van der Waals surface area contributed by atoms with Crippen LogP contribution in [0, 0.1) is 10.1 Å². The third-order valence-electron chi connectivity index (χ3n) is 5.44. The summed E-state index contributed by atoms with van der Waals surface area (Å²) in [7, 11) is 0. The van der Waals surface area contributed by atoms with Gasteiger partial charge in [-0.25, -0.2) is 4.79 Å². The van der Waals surface area contributed by atoms with Crippen molar-refractivity contribution in [1.82, 2.24) is 10.2 Å². The van der Waals surface area contributed by atoms with Crippen LogP contribution in [0.15, 0.2) is 65.9 Å². The number of nitrogens with one attached hydrogen (secondary N) is 1. The number of hydrogen-bond acceptors (Lipinski definition) is 7. The van der Waals surface area contributed by atoms with E-state index in [9.17, 15) is 24.5 Å². The van der Waals surface area contributed by atoms with E-state index >= 15 is 0 Å². The lowest BCUT2D eigenvalue weighted by Gasteiger charge is -2.49. The fourth-order valence-electron chi connectivity index (χ4n) is 3.71. The number of non-ortho nitro benzene ring substituents is 1. The number of carbonyl (C=O) groups is 3. The predicted molar refractivity (Wildman–Crippen MR) is 134 cm³/mol. The van der Waals surface area contributed by atoms with Crippen LogP contribution in [0.25, 0.3) is 0 Å². The third kappa shape index (κ3) is 5.09. The van der Waals surface area contributed by atoms with E-state index in [0.29, 0.717) is 15.7 Å². The number of esters is 1. The Morgan fingerprint density at radius 2 is 1.85 bits per heavy atom. The van der Waals surface area contributed by atoms with Gasteiger partial charge < -0.3 is 10.1 Å². The SMILES string of the molecule is O=C(Cc1ccccc1)N[C@@H]1C(=O)N2C(C(=O)OCc3ccc([N+](=O)[O-])cc3)=C(CI)CS[C@H]12. The summed E-state index contributed by atoms with van der Waals surface area (Å²) in [6, 6.07) is 14.3. The maximum atomic E-state index is 12.9. The highest BCUT2D eigenvalue weighted by Gasteiger charge is 2.54. The molecule has 0 saturated carbocycles. The van der Waals surface area contributed by atoms with E-state index in [-0.39, 0.29) is 41.6 Å². The van der Waals surface area contributed by atoms with Gasteiger partial charge in [-0.2, -0.15) is 0 Å². The van der Waals surface area contributed by atoms with E-state index < -0.39 is 16.9 Å². The van der Waals surface area contributed by atoms with Crippen LogP contribution in [0.2, 0.25) is 0 Å². The molecule has 1 fully saturated rings. The van der Waals surface area contributed by atoms with Crippen LogP contribution >= 0.6 is 34.4 Å². The van der Waals surface area contributed by atoms with Crippen LogP contribution < -0.4 is 5.32 Å². The zero-order valence-corrected chi connectivity index (χ0v) is 20.8. The van der Waals surface area contributed by atoms with Crippen LogP contribution in [0.4, 0.5) is 5.69 Å². The van der Waals surface area contributed by atoms with Gasteiger partial charge in [-0.05, 0) is 28.8 Å². The van der Waals surface area contributed by atoms with Crippen LogP contribution in [-0.2, 0) is 32.1 Å². The largest absolute Gasteiger partial charge is 0.456 e. The molecule has 2 aromatic rings. The Hall–Kier alpha value is -2.93. The number of carbonyl (C=O) groups excluding carboxylic acids is 3. The highest BCUT2D eigenvalue weighted by Crippen LogP contribution is 2.41. The van der Waals surface area contributed by atoms with Crippen molar-refractivity contribution in [1.29, 1.82) is 0 Å². The van der Waals surface area contributed by atoms with Crippen molar-refractivity contribution in [2.24, 2.45) is 0 Å². The van der Waals surface area contributed by atoms with Gasteiger partial charge in [0.1, 0.15) is 23.7 Å². The average Bonchev–Trinajstić information content (AvgIpc) is 2.85. The molecule has 1 N–H and O–H groups in total. The summed E-state index contributed by atoms with van der Waals surface area (Å²) >= 11 is 3.64. The molecule has 0 spiro atoms. The summed E-state index contributed by atoms with van der Waals surface area (Å²) in [5.74, 6) is -0.679. The Labute approximate surface area is 213 Å². The van der Waals surface area contributed by atoms with Crippen molar-refractivity contribution in [3.05, 3.63) is 87.1 Å². The number of β-lactam (4-membered cyclic amide) rings is 1. The maximum Gasteiger partial charge on any atom is 0.355 e. The summed E-state index contributed by atoms with van der Waals surface area (Å²) < 4.78 is 5.99. The quantitative estimate of drug-likeness (QED) is 0.125. The molecule has 34 heavy (non-hydrogen) atoms. The lowest BCUT2D eigenvalue weighted by atomic mass is 10.0. The minimum atomic E-state index is -0.700. The van der Waals surface area contributed by atoms with Gasteiger partial charge in [0, 0.05) is 22.3 Å². The number of nitro groups is 1. The number of rotatable bonds is 8. The molecule has 9 nitrogen and oxygen atoms in total. The molecule has 0 aliphatic carbocycles. The van der Waals surface area contributed by atoms with Gasteiger partial charge in [-0.15, -0.1) is 11.8 Å². The topological polar surface area (TPSA) is 119 Å². The van der Waals surface area contributed by atoms with Gasteiger partial charge in [0.2, 0.25) is 5.91 Å². The first-order valence-electron chi connectivity index (χ1n) is 10.4. The van der Waals surface area contributed by atoms with Crippen molar-refractivity contribution in [2.75, 3.05) is 10.2 Å². The number of nitro benzene ring substituents is 1. The van der Waals surface area contributed by atoms with E-state index in [1.165, 1.54) is 40.9 Å². The number of halogens is 1. The monoisotopic (exact) mass is 593 g/mol. The van der Waals surface area contributed by atoms with Crippen LogP contribution in [0.3, 0.4) is 0 Å². The molecule has 2 heterocycles. The zero-order valence-electron chi connectivity index (χ0n) is 17.8. The first kappa shape index (κ1) is 24.2. The molecule has 176 valence electrons. The predicted octanol–water partition coefficient (Wildman–Crippen LogP) is 2.97. The second-order valence-electron chi connectivity index (χ2n) is 7.70. The van der Waals surface area contributed by atoms with Gasteiger partial charge in [-0.3, -0.25) is 24.6 Å². The molecule has 2 aliphatic rings. The molecule has 2 atom stereocenters. The van der Waals surface area contributed by atoms with Gasteiger partial charge in [0.25, 0.3) is 11.6 Å². The molecule has 11 heteroatoms. The Kier molecular flexibility index (Phi) is 7.51. The Morgan fingerprint density at radius 3 is 2.50 bits per heavy atom. The Balaban J connectivity index is 1.41. The molecule has 1 saturated heterocycles. The minimum absolute atomic E-state index is 0.0522. The second kappa shape index (κ2) is 10.6. The molecular formula is C23H20IN3O6S. The normalized spacial score (nSPS) is 19.2.